The number of carbonyl (C=O) groups is 1. The summed E-state index contributed by atoms with van der Waals surface area (Å²) in [4.78, 5) is 10.9. The molecule has 0 aliphatic carbocycles. The topological polar surface area (TPSA) is 83.0 Å². The first-order valence-electron chi connectivity index (χ1n) is 9.65. The lowest BCUT2D eigenvalue weighted by atomic mass is 9.84. The Labute approximate surface area is 174 Å². The van der Waals surface area contributed by atoms with Crippen LogP contribution in [0.15, 0.2) is 52.0 Å². The maximum atomic E-state index is 14.2. The highest BCUT2D eigenvalue weighted by Crippen LogP contribution is 2.36. The molecular formula is C24H24FNO4. The Balaban J connectivity index is 2.01. The molecule has 0 fully saturated rings. The number of aromatic carboxylic acids is 1. The van der Waals surface area contributed by atoms with Crippen molar-refractivity contribution < 1.29 is 23.9 Å². The molecule has 6 heteroatoms. The molecule has 0 saturated heterocycles. The van der Waals surface area contributed by atoms with E-state index in [1.165, 1.54) is 24.3 Å². The number of fused-ring (bicyclic) bond motifs is 1. The van der Waals surface area contributed by atoms with Gasteiger partial charge in [0.25, 0.3) is 0 Å². The molecule has 0 bridgehead atoms. The Kier molecular flexibility index (Phi) is 5.78. The fourth-order valence-electron chi connectivity index (χ4n) is 3.53. The Bertz CT molecular complexity index is 1170. The second-order valence-electron chi connectivity index (χ2n) is 8.07. The van der Waals surface area contributed by atoms with E-state index in [0.717, 1.165) is 34.8 Å². The van der Waals surface area contributed by atoms with Crippen LogP contribution in [0, 0.1) is 5.82 Å². The van der Waals surface area contributed by atoms with Crippen LogP contribution in [0.5, 0.6) is 0 Å². The Morgan fingerprint density at radius 3 is 2.43 bits per heavy atom. The van der Waals surface area contributed by atoms with Crippen molar-refractivity contribution in [2.24, 2.45) is 5.16 Å². The van der Waals surface area contributed by atoms with Crippen LogP contribution >= 0.6 is 0 Å². The number of halogens is 1. The summed E-state index contributed by atoms with van der Waals surface area (Å²) in [7, 11) is 0. The highest BCUT2D eigenvalue weighted by Gasteiger charge is 2.24. The van der Waals surface area contributed by atoms with Crippen LogP contribution in [0.25, 0.3) is 17.0 Å². The monoisotopic (exact) mass is 409 g/mol. The van der Waals surface area contributed by atoms with Crippen molar-refractivity contribution in [1.29, 1.82) is 0 Å². The number of furan rings is 1. The van der Waals surface area contributed by atoms with Crippen LogP contribution < -0.4 is 0 Å². The first-order valence-corrected chi connectivity index (χ1v) is 9.65. The summed E-state index contributed by atoms with van der Waals surface area (Å²) < 4.78 is 20.2. The maximum Gasteiger partial charge on any atom is 0.335 e. The van der Waals surface area contributed by atoms with Crippen LogP contribution in [0.1, 0.15) is 60.5 Å². The highest BCUT2D eigenvalue weighted by molar-refractivity contribution is 6.12. The molecule has 0 aliphatic heterocycles. The zero-order chi connectivity index (χ0) is 22.1. The van der Waals surface area contributed by atoms with E-state index < -0.39 is 11.8 Å². The Morgan fingerprint density at radius 1 is 1.17 bits per heavy atom. The molecule has 0 amide bonds. The van der Waals surface area contributed by atoms with Gasteiger partial charge in [0.05, 0.1) is 5.56 Å². The van der Waals surface area contributed by atoms with Crippen LogP contribution in [-0.4, -0.2) is 22.0 Å². The normalized spacial score (nSPS) is 12.8. The zero-order valence-electron chi connectivity index (χ0n) is 17.4. The third-order valence-electron chi connectivity index (χ3n) is 4.90. The molecule has 1 aromatic heterocycles. The van der Waals surface area contributed by atoms with E-state index in [1.54, 1.807) is 6.07 Å². The molecule has 3 aromatic rings. The third kappa shape index (κ3) is 4.13. The number of nitrogens with zero attached hydrogens (tertiary/aromatic N) is 1. The van der Waals surface area contributed by atoms with Crippen molar-refractivity contribution in [3.63, 3.8) is 0 Å². The van der Waals surface area contributed by atoms with E-state index in [-0.39, 0.29) is 22.3 Å². The van der Waals surface area contributed by atoms with Crippen molar-refractivity contribution in [1.82, 2.24) is 0 Å². The predicted octanol–water partition coefficient (Wildman–Crippen LogP) is 6.02. The van der Waals surface area contributed by atoms with E-state index >= 15 is 0 Å². The molecule has 0 atom stereocenters. The van der Waals surface area contributed by atoms with Crippen molar-refractivity contribution in [2.45, 2.75) is 39.5 Å². The van der Waals surface area contributed by atoms with E-state index in [9.17, 15) is 14.4 Å². The van der Waals surface area contributed by atoms with Crippen molar-refractivity contribution in [2.75, 3.05) is 0 Å². The first kappa shape index (κ1) is 21.3. The van der Waals surface area contributed by atoms with Gasteiger partial charge >= 0.3 is 5.97 Å². The number of carboxylic acids is 1. The number of aryl methyl sites for hydroxylation is 1. The van der Waals surface area contributed by atoms with Crippen molar-refractivity contribution in [3.05, 3.63) is 76.3 Å². The van der Waals surface area contributed by atoms with E-state index in [0.29, 0.717) is 5.56 Å². The van der Waals surface area contributed by atoms with Gasteiger partial charge in [-0.1, -0.05) is 38.9 Å². The summed E-state index contributed by atoms with van der Waals surface area (Å²) >= 11 is 0. The Morgan fingerprint density at radius 2 is 1.87 bits per heavy atom. The number of hydrogen-bond donors (Lipinski definition) is 2. The molecule has 0 unspecified atom stereocenters. The van der Waals surface area contributed by atoms with E-state index in [1.807, 2.05) is 19.1 Å². The molecule has 156 valence electrons. The van der Waals surface area contributed by atoms with Gasteiger partial charge in [0.2, 0.25) is 0 Å². The summed E-state index contributed by atoms with van der Waals surface area (Å²) in [6, 6.07) is 9.16. The summed E-state index contributed by atoms with van der Waals surface area (Å²) in [6.45, 7) is 8.40. The van der Waals surface area contributed by atoms with Gasteiger partial charge in [-0.3, -0.25) is 0 Å². The molecule has 0 saturated carbocycles. The minimum atomic E-state index is -1.20. The minimum absolute atomic E-state index is 0.128. The maximum absolute atomic E-state index is 14.2. The molecular weight excluding hydrogens is 385 g/mol. The third-order valence-corrected chi connectivity index (χ3v) is 4.90. The molecule has 0 radical (unpaired) electrons. The summed E-state index contributed by atoms with van der Waals surface area (Å²) in [5.41, 5.74) is 2.70. The SMILES string of the molecule is CCc1oc2ccc(C(/C=C/c3ccc(C(=O)O)cc3F)=N\O)cc2c1C(C)(C)C. The smallest absolute Gasteiger partial charge is 0.335 e. The minimum Gasteiger partial charge on any atom is -0.478 e. The van der Waals surface area contributed by atoms with Gasteiger partial charge in [-0.15, -0.1) is 0 Å². The standard InChI is InChI=1S/C24H24FNO4/c1-5-20-22(24(2,3)4)17-12-15(9-11-21(17)30-20)19(26-29)10-8-14-6-7-16(23(27)28)13-18(14)25/h6-13,29H,5H2,1-4H3,(H,27,28)/b10-8+,26-19-. The number of carboxylic acid groups (broad SMARTS) is 1. The van der Waals surface area contributed by atoms with Gasteiger partial charge in [0.15, 0.2) is 0 Å². The van der Waals surface area contributed by atoms with Crippen LogP contribution in [0.4, 0.5) is 4.39 Å². The number of allylic oxidation sites excluding steroid dienone is 1. The molecule has 0 aliphatic rings. The lowest BCUT2D eigenvalue weighted by Crippen LogP contribution is -2.12. The predicted molar refractivity (Wildman–Crippen MR) is 115 cm³/mol. The quantitative estimate of drug-likeness (QED) is 0.307. The largest absolute Gasteiger partial charge is 0.478 e. The number of rotatable bonds is 5. The molecule has 30 heavy (non-hydrogen) atoms. The molecule has 1 heterocycles. The Hall–Kier alpha value is -3.41. The van der Waals surface area contributed by atoms with Crippen molar-refractivity contribution in [3.8, 4) is 0 Å². The van der Waals surface area contributed by atoms with Gasteiger partial charge in [0, 0.05) is 28.5 Å². The van der Waals surface area contributed by atoms with Gasteiger partial charge < -0.3 is 14.7 Å². The summed E-state index contributed by atoms with van der Waals surface area (Å²) in [5.74, 6) is -0.943. The average Bonchev–Trinajstić information content (AvgIpc) is 3.07. The second kappa shape index (κ2) is 8.14. The van der Waals surface area contributed by atoms with Crippen molar-refractivity contribution >= 4 is 28.7 Å². The van der Waals surface area contributed by atoms with Gasteiger partial charge in [-0.25, -0.2) is 9.18 Å². The summed E-state index contributed by atoms with van der Waals surface area (Å²) in [5, 5.41) is 22.8. The highest BCUT2D eigenvalue weighted by atomic mass is 19.1. The average molecular weight is 409 g/mol. The number of benzene rings is 2. The fraction of sp³-hybridized carbons (Fsp3) is 0.250. The zero-order valence-corrected chi connectivity index (χ0v) is 17.4. The lowest BCUT2D eigenvalue weighted by Gasteiger charge is -2.19. The second-order valence-corrected chi connectivity index (χ2v) is 8.07. The molecule has 3 rings (SSSR count). The molecule has 5 nitrogen and oxygen atoms in total. The molecule has 0 spiro atoms. The van der Waals surface area contributed by atoms with E-state index in [2.05, 4.69) is 25.9 Å². The number of oxime groups is 1. The van der Waals surface area contributed by atoms with Gasteiger partial charge in [-0.05, 0) is 47.9 Å². The summed E-state index contributed by atoms with van der Waals surface area (Å²) in [6.07, 6.45) is 3.69. The fourth-order valence-corrected chi connectivity index (χ4v) is 3.53. The van der Waals surface area contributed by atoms with Crippen LogP contribution in [0.3, 0.4) is 0 Å². The lowest BCUT2D eigenvalue weighted by molar-refractivity contribution is 0.0696. The number of hydrogen-bond acceptors (Lipinski definition) is 4. The van der Waals surface area contributed by atoms with Gasteiger partial charge in [0.1, 0.15) is 22.9 Å². The van der Waals surface area contributed by atoms with E-state index in [4.69, 9.17) is 9.52 Å². The van der Waals surface area contributed by atoms with Crippen LogP contribution in [-0.2, 0) is 11.8 Å². The molecule has 2 aromatic carbocycles. The molecule has 2 N–H and O–H groups in total. The first-order chi connectivity index (χ1) is 14.2. The van der Waals surface area contributed by atoms with Crippen LogP contribution in [0.2, 0.25) is 0 Å². The van der Waals surface area contributed by atoms with Gasteiger partial charge in [-0.2, -0.15) is 0 Å².